The van der Waals surface area contributed by atoms with E-state index < -0.39 is 0 Å². The molecule has 1 aromatic heterocycles. The van der Waals surface area contributed by atoms with E-state index in [1.54, 1.807) is 7.11 Å². The van der Waals surface area contributed by atoms with Gasteiger partial charge >= 0.3 is 0 Å². The third-order valence-corrected chi connectivity index (χ3v) is 5.29. The van der Waals surface area contributed by atoms with E-state index in [4.69, 9.17) is 9.47 Å². The SMILES string of the molecule is COc1ccc2c(c1)cc(-c1ccc(C=O)cc1)n2CCOCCc1ccccc1. The average Bonchev–Trinajstić information content (AvgIpc) is 3.17. The van der Waals surface area contributed by atoms with Crippen LogP contribution in [0, 0.1) is 0 Å². The maximum Gasteiger partial charge on any atom is 0.150 e. The van der Waals surface area contributed by atoms with Gasteiger partial charge in [0.15, 0.2) is 0 Å². The Morgan fingerprint density at radius 1 is 0.900 bits per heavy atom. The van der Waals surface area contributed by atoms with Crippen molar-refractivity contribution in [3.05, 3.63) is 90.0 Å². The van der Waals surface area contributed by atoms with E-state index in [0.717, 1.165) is 47.2 Å². The van der Waals surface area contributed by atoms with Gasteiger partial charge in [-0.15, -0.1) is 0 Å². The van der Waals surface area contributed by atoms with E-state index in [0.29, 0.717) is 18.8 Å². The zero-order valence-electron chi connectivity index (χ0n) is 17.1. The number of methoxy groups -OCH3 is 1. The highest BCUT2D eigenvalue weighted by Crippen LogP contribution is 2.30. The maximum absolute atomic E-state index is 11.0. The van der Waals surface area contributed by atoms with Crippen LogP contribution in [0.25, 0.3) is 22.2 Å². The standard InChI is InChI=1S/C26H25NO3/c1-29-24-11-12-25-23(17-24)18-26(22-9-7-21(19-28)8-10-22)27(25)14-16-30-15-13-20-5-3-2-4-6-20/h2-12,17-19H,13-16H2,1H3. The summed E-state index contributed by atoms with van der Waals surface area (Å²) in [6.07, 6.45) is 1.77. The first-order valence-corrected chi connectivity index (χ1v) is 10.1. The molecular weight excluding hydrogens is 374 g/mol. The summed E-state index contributed by atoms with van der Waals surface area (Å²) in [6.45, 7) is 2.07. The molecule has 0 aliphatic rings. The molecule has 4 heteroatoms. The van der Waals surface area contributed by atoms with Gasteiger partial charge in [-0.3, -0.25) is 4.79 Å². The minimum Gasteiger partial charge on any atom is -0.497 e. The minimum atomic E-state index is 0.627. The summed E-state index contributed by atoms with van der Waals surface area (Å²) in [5, 5.41) is 1.12. The van der Waals surface area contributed by atoms with Gasteiger partial charge in [0.1, 0.15) is 12.0 Å². The summed E-state index contributed by atoms with van der Waals surface area (Å²) in [5.74, 6) is 0.835. The summed E-state index contributed by atoms with van der Waals surface area (Å²) < 4.78 is 13.6. The molecule has 0 unspecified atom stereocenters. The molecule has 0 spiro atoms. The number of rotatable bonds is 9. The Morgan fingerprint density at radius 2 is 1.70 bits per heavy atom. The number of aldehydes is 1. The van der Waals surface area contributed by atoms with E-state index in [-0.39, 0.29) is 0 Å². The van der Waals surface area contributed by atoms with Gasteiger partial charge in [0, 0.05) is 28.7 Å². The molecule has 0 radical (unpaired) electrons. The van der Waals surface area contributed by atoms with E-state index in [1.165, 1.54) is 5.56 Å². The Morgan fingerprint density at radius 3 is 2.43 bits per heavy atom. The maximum atomic E-state index is 11.0. The van der Waals surface area contributed by atoms with Crippen molar-refractivity contribution >= 4 is 17.2 Å². The zero-order valence-corrected chi connectivity index (χ0v) is 17.1. The highest BCUT2D eigenvalue weighted by atomic mass is 16.5. The molecule has 4 rings (SSSR count). The Labute approximate surface area is 176 Å². The van der Waals surface area contributed by atoms with Crippen molar-refractivity contribution in [1.29, 1.82) is 0 Å². The van der Waals surface area contributed by atoms with Crippen molar-refractivity contribution in [2.75, 3.05) is 20.3 Å². The van der Waals surface area contributed by atoms with Gasteiger partial charge in [-0.25, -0.2) is 0 Å². The summed E-state index contributed by atoms with van der Waals surface area (Å²) in [5.41, 5.74) is 5.26. The van der Waals surface area contributed by atoms with Gasteiger partial charge in [0.2, 0.25) is 0 Å². The van der Waals surface area contributed by atoms with E-state index in [2.05, 4.69) is 41.0 Å². The summed E-state index contributed by atoms with van der Waals surface area (Å²) in [6, 6.07) is 26.3. The van der Waals surface area contributed by atoms with Gasteiger partial charge in [-0.1, -0.05) is 54.6 Å². The topological polar surface area (TPSA) is 40.5 Å². The smallest absolute Gasteiger partial charge is 0.150 e. The molecule has 0 amide bonds. The lowest BCUT2D eigenvalue weighted by atomic mass is 10.1. The molecule has 0 bridgehead atoms. The quantitative estimate of drug-likeness (QED) is 0.280. The Bertz CT molecular complexity index is 1110. The van der Waals surface area contributed by atoms with Gasteiger partial charge in [-0.2, -0.15) is 0 Å². The molecule has 0 aliphatic carbocycles. The van der Waals surface area contributed by atoms with Crippen LogP contribution in [0.3, 0.4) is 0 Å². The summed E-state index contributed by atoms with van der Waals surface area (Å²) in [4.78, 5) is 11.0. The van der Waals surface area contributed by atoms with E-state index >= 15 is 0 Å². The molecular formula is C26H25NO3. The Kier molecular flexibility index (Phi) is 6.26. The first-order valence-electron chi connectivity index (χ1n) is 10.1. The molecule has 0 aliphatic heterocycles. The average molecular weight is 399 g/mol. The summed E-state index contributed by atoms with van der Waals surface area (Å²) >= 11 is 0. The van der Waals surface area contributed by atoms with Gasteiger partial charge < -0.3 is 14.0 Å². The van der Waals surface area contributed by atoms with Gasteiger partial charge in [0.05, 0.1) is 20.3 Å². The highest BCUT2D eigenvalue weighted by molar-refractivity contribution is 5.88. The number of aromatic nitrogens is 1. The van der Waals surface area contributed by atoms with Crippen molar-refractivity contribution in [3.63, 3.8) is 0 Å². The highest BCUT2D eigenvalue weighted by Gasteiger charge is 2.12. The lowest BCUT2D eigenvalue weighted by Crippen LogP contribution is -2.09. The molecule has 3 aromatic carbocycles. The second-order valence-electron chi connectivity index (χ2n) is 7.19. The second-order valence-corrected chi connectivity index (χ2v) is 7.19. The van der Waals surface area contributed by atoms with Crippen molar-refractivity contribution in [2.45, 2.75) is 13.0 Å². The van der Waals surface area contributed by atoms with Crippen LogP contribution in [0.4, 0.5) is 0 Å². The molecule has 0 saturated heterocycles. The number of hydrogen-bond donors (Lipinski definition) is 0. The third kappa shape index (κ3) is 4.44. The number of ether oxygens (including phenoxy) is 2. The molecule has 4 aromatic rings. The number of benzene rings is 3. The number of nitrogens with zero attached hydrogens (tertiary/aromatic N) is 1. The van der Waals surface area contributed by atoms with E-state index in [9.17, 15) is 4.79 Å². The van der Waals surface area contributed by atoms with Crippen LogP contribution in [-0.2, 0) is 17.7 Å². The van der Waals surface area contributed by atoms with Gasteiger partial charge in [0.25, 0.3) is 0 Å². The van der Waals surface area contributed by atoms with Crippen molar-refractivity contribution in [1.82, 2.24) is 4.57 Å². The fourth-order valence-electron chi connectivity index (χ4n) is 3.68. The third-order valence-electron chi connectivity index (χ3n) is 5.29. The largest absolute Gasteiger partial charge is 0.497 e. The van der Waals surface area contributed by atoms with Crippen LogP contribution in [0.5, 0.6) is 5.75 Å². The fourth-order valence-corrected chi connectivity index (χ4v) is 3.68. The number of fused-ring (bicyclic) bond motifs is 1. The molecule has 0 fully saturated rings. The first kappa shape index (κ1) is 19.9. The normalized spacial score (nSPS) is 11.0. The lowest BCUT2D eigenvalue weighted by molar-refractivity contribution is 0.112. The predicted octanol–water partition coefficient (Wildman–Crippen LogP) is 5.39. The lowest BCUT2D eigenvalue weighted by Gasteiger charge is -2.12. The van der Waals surface area contributed by atoms with Crippen LogP contribution in [0.1, 0.15) is 15.9 Å². The summed E-state index contributed by atoms with van der Waals surface area (Å²) in [7, 11) is 1.68. The van der Waals surface area contributed by atoms with Crippen molar-refractivity contribution in [2.24, 2.45) is 0 Å². The van der Waals surface area contributed by atoms with Crippen LogP contribution < -0.4 is 4.74 Å². The zero-order chi connectivity index (χ0) is 20.8. The molecule has 0 N–H and O–H groups in total. The predicted molar refractivity (Wildman–Crippen MR) is 120 cm³/mol. The van der Waals surface area contributed by atoms with E-state index in [1.807, 2.05) is 42.5 Å². The molecule has 30 heavy (non-hydrogen) atoms. The van der Waals surface area contributed by atoms with Crippen LogP contribution in [0.15, 0.2) is 78.9 Å². The monoisotopic (exact) mass is 399 g/mol. The molecule has 152 valence electrons. The first-order chi connectivity index (χ1) is 14.8. The second kappa shape index (κ2) is 9.42. The van der Waals surface area contributed by atoms with Crippen LogP contribution in [-0.4, -0.2) is 31.2 Å². The number of carbonyl (C=O) groups excluding carboxylic acids is 1. The van der Waals surface area contributed by atoms with Gasteiger partial charge in [-0.05, 0) is 41.8 Å². The molecule has 1 heterocycles. The Hall–Kier alpha value is -3.37. The number of hydrogen-bond acceptors (Lipinski definition) is 3. The van der Waals surface area contributed by atoms with Crippen LogP contribution >= 0.6 is 0 Å². The Balaban J connectivity index is 1.54. The molecule has 0 saturated carbocycles. The van der Waals surface area contributed by atoms with Crippen molar-refractivity contribution in [3.8, 4) is 17.0 Å². The number of carbonyl (C=O) groups is 1. The van der Waals surface area contributed by atoms with Crippen LogP contribution in [0.2, 0.25) is 0 Å². The van der Waals surface area contributed by atoms with Crippen molar-refractivity contribution < 1.29 is 14.3 Å². The molecule has 0 atom stereocenters. The minimum absolute atomic E-state index is 0.627. The fraction of sp³-hybridized carbons (Fsp3) is 0.192. The molecule has 4 nitrogen and oxygen atoms in total.